The van der Waals surface area contributed by atoms with Gasteiger partial charge in [-0.2, -0.15) is 0 Å². The molecule has 0 fully saturated rings. The second kappa shape index (κ2) is 11.2. The van der Waals surface area contributed by atoms with E-state index in [0.717, 1.165) is 11.1 Å². The van der Waals surface area contributed by atoms with Gasteiger partial charge in [-0.25, -0.2) is 4.79 Å². The van der Waals surface area contributed by atoms with E-state index in [-0.39, 0.29) is 19.1 Å². The first kappa shape index (κ1) is 21.6. The number of hydrogen-bond acceptors (Lipinski definition) is 5. The zero-order valence-corrected chi connectivity index (χ0v) is 16.8. The molecule has 0 aliphatic rings. The number of methoxy groups -OCH3 is 1. The molecule has 6 nitrogen and oxygen atoms in total. The second-order valence-electron chi connectivity index (χ2n) is 5.91. The molecule has 0 aromatic heterocycles. The van der Waals surface area contributed by atoms with Gasteiger partial charge in [0, 0.05) is 18.5 Å². The first-order valence-electron chi connectivity index (χ1n) is 9.03. The van der Waals surface area contributed by atoms with Gasteiger partial charge >= 0.3 is 6.16 Å². The van der Waals surface area contributed by atoms with Gasteiger partial charge in [0.05, 0.1) is 25.3 Å². The summed E-state index contributed by atoms with van der Waals surface area (Å²) in [5.74, 6) is 0.444. The van der Waals surface area contributed by atoms with E-state index < -0.39 is 6.16 Å². The molecule has 1 N–H and O–H groups in total. The number of benzene rings is 2. The normalized spacial score (nSPS) is 10.2. The lowest BCUT2D eigenvalue weighted by Gasteiger charge is -2.11. The molecule has 0 heterocycles. The van der Waals surface area contributed by atoms with Crippen molar-refractivity contribution in [2.45, 2.75) is 19.8 Å². The Bertz CT molecular complexity index is 809. The van der Waals surface area contributed by atoms with Crippen LogP contribution in [-0.4, -0.2) is 38.9 Å². The van der Waals surface area contributed by atoms with Crippen LogP contribution in [0.2, 0.25) is 5.02 Å². The summed E-state index contributed by atoms with van der Waals surface area (Å²) in [4.78, 5) is 23.8. The average Bonchev–Trinajstić information content (AvgIpc) is 2.68. The van der Waals surface area contributed by atoms with Crippen molar-refractivity contribution in [1.82, 2.24) is 5.32 Å². The second-order valence-corrected chi connectivity index (χ2v) is 6.32. The van der Waals surface area contributed by atoms with Gasteiger partial charge < -0.3 is 19.5 Å². The first-order chi connectivity index (χ1) is 13.5. The predicted molar refractivity (Wildman–Crippen MR) is 107 cm³/mol. The third-order valence-electron chi connectivity index (χ3n) is 4.03. The molecule has 2 rings (SSSR count). The summed E-state index contributed by atoms with van der Waals surface area (Å²) < 4.78 is 14.8. The number of amides is 1. The van der Waals surface area contributed by atoms with Crippen LogP contribution in [0.5, 0.6) is 5.75 Å². The Morgan fingerprint density at radius 2 is 1.86 bits per heavy atom. The van der Waals surface area contributed by atoms with Crippen LogP contribution in [0, 0.1) is 0 Å². The summed E-state index contributed by atoms with van der Waals surface area (Å²) in [5.41, 5.74) is 2.36. The highest BCUT2D eigenvalue weighted by Crippen LogP contribution is 2.25. The number of ether oxygens (including phenoxy) is 3. The van der Waals surface area contributed by atoms with Crippen molar-refractivity contribution < 1.29 is 23.8 Å². The van der Waals surface area contributed by atoms with Gasteiger partial charge in [0.25, 0.3) is 5.91 Å². The van der Waals surface area contributed by atoms with Gasteiger partial charge in [-0.1, -0.05) is 35.9 Å². The molecule has 2 aromatic rings. The molecule has 2 aromatic carbocycles. The summed E-state index contributed by atoms with van der Waals surface area (Å²) >= 11 is 6.12. The molecular weight excluding hydrogens is 382 g/mol. The van der Waals surface area contributed by atoms with Gasteiger partial charge in [0.2, 0.25) is 0 Å². The largest absolute Gasteiger partial charge is 0.508 e. The van der Waals surface area contributed by atoms with Crippen molar-refractivity contribution >= 4 is 23.7 Å². The number of carbonyl (C=O) groups excluding carboxylic acids is 2. The monoisotopic (exact) mass is 405 g/mol. The highest BCUT2D eigenvalue weighted by molar-refractivity contribution is 6.32. The lowest BCUT2D eigenvalue weighted by Crippen LogP contribution is -2.27. The summed E-state index contributed by atoms with van der Waals surface area (Å²) in [5, 5.41) is 3.45. The molecule has 7 heteroatoms. The van der Waals surface area contributed by atoms with E-state index in [1.807, 2.05) is 24.3 Å². The fourth-order valence-electron chi connectivity index (χ4n) is 2.64. The maximum atomic E-state index is 12.5. The Labute approximate surface area is 169 Å². The molecular formula is C21H24ClNO5. The summed E-state index contributed by atoms with van der Waals surface area (Å²) in [6.45, 7) is 2.58. The van der Waals surface area contributed by atoms with E-state index in [4.69, 9.17) is 25.8 Å². The summed E-state index contributed by atoms with van der Waals surface area (Å²) in [7, 11) is 1.57. The Balaban J connectivity index is 1.88. The van der Waals surface area contributed by atoms with Gasteiger partial charge in [-0.3, -0.25) is 4.79 Å². The van der Waals surface area contributed by atoms with E-state index in [2.05, 4.69) is 5.32 Å². The number of nitrogens with one attached hydrogen (secondary N) is 1. The van der Waals surface area contributed by atoms with E-state index in [0.29, 0.717) is 35.7 Å². The van der Waals surface area contributed by atoms with E-state index in [9.17, 15) is 9.59 Å². The van der Waals surface area contributed by atoms with Gasteiger partial charge in [-0.15, -0.1) is 0 Å². The zero-order chi connectivity index (χ0) is 20.4. The van der Waals surface area contributed by atoms with Crippen LogP contribution in [-0.2, 0) is 22.3 Å². The molecule has 0 unspecified atom stereocenters. The zero-order valence-electron chi connectivity index (χ0n) is 16.0. The minimum absolute atomic E-state index is 0.146. The first-order valence-corrected chi connectivity index (χ1v) is 9.41. The number of carbonyl (C=O) groups is 2. The predicted octanol–water partition coefficient (Wildman–Crippen LogP) is 4.04. The highest BCUT2D eigenvalue weighted by atomic mass is 35.5. The molecule has 0 saturated heterocycles. The van der Waals surface area contributed by atoms with Gasteiger partial charge in [-0.05, 0) is 42.7 Å². The van der Waals surface area contributed by atoms with Crippen molar-refractivity contribution in [3.8, 4) is 5.75 Å². The SMILES string of the molecule is CCOC(=O)OCCc1ccccc1C(=O)NCCc1ccc(OC)c(Cl)c1. The fourth-order valence-corrected chi connectivity index (χ4v) is 2.92. The summed E-state index contributed by atoms with van der Waals surface area (Å²) in [6, 6.07) is 12.8. The molecule has 0 aliphatic heterocycles. The Hall–Kier alpha value is -2.73. The van der Waals surface area contributed by atoms with Crippen LogP contribution in [0.25, 0.3) is 0 Å². The molecule has 0 radical (unpaired) electrons. The standard InChI is InChI=1S/C21H24ClNO5/c1-3-27-21(25)28-13-11-16-6-4-5-7-17(16)20(24)23-12-10-15-8-9-19(26-2)18(22)14-15/h4-9,14H,3,10-13H2,1-2H3,(H,23,24). The molecule has 0 saturated carbocycles. The third kappa shape index (κ3) is 6.46. The average molecular weight is 406 g/mol. The smallest absolute Gasteiger partial charge is 0.495 e. The van der Waals surface area contributed by atoms with Crippen LogP contribution in [0.15, 0.2) is 42.5 Å². The third-order valence-corrected chi connectivity index (χ3v) is 4.33. The number of rotatable bonds is 9. The Kier molecular flexibility index (Phi) is 8.62. The number of halogens is 1. The van der Waals surface area contributed by atoms with Crippen molar-refractivity contribution in [1.29, 1.82) is 0 Å². The van der Waals surface area contributed by atoms with E-state index in [1.54, 1.807) is 32.2 Å². The molecule has 0 bridgehead atoms. The Morgan fingerprint density at radius 3 is 2.57 bits per heavy atom. The lowest BCUT2D eigenvalue weighted by atomic mass is 10.0. The van der Waals surface area contributed by atoms with E-state index in [1.165, 1.54) is 0 Å². The highest BCUT2D eigenvalue weighted by Gasteiger charge is 2.12. The Morgan fingerprint density at radius 1 is 1.07 bits per heavy atom. The van der Waals surface area contributed by atoms with Crippen molar-refractivity contribution in [2.75, 3.05) is 26.9 Å². The van der Waals surface area contributed by atoms with Crippen LogP contribution in [0.4, 0.5) is 4.79 Å². The minimum Gasteiger partial charge on any atom is -0.495 e. The molecule has 0 spiro atoms. The molecule has 150 valence electrons. The van der Waals surface area contributed by atoms with Gasteiger partial charge in [0.1, 0.15) is 5.75 Å². The fraction of sp³-hybridized carbons (Fsp3) is 0.333. The molecule has 1 amide bonds. The molecule has 0 atom stereocenters. The number of hydrogen-bond donors (Lipinski definition) is 1. The minimum atomic E-state index is -0.706. The van der Waals surface area contributed by atoms with E-state index >= 15 is 0 Å². The van der Waals surface area contributed by atoms with Crippen molar-refractivity contribution in [2.24, 2.45) is 0 Å². The summed E-state index contributed by atoms with van der Waals surface area (Å²) in [6.07, 6.45) is 0.364. The lowest BCUT2D eigenvalue weighted by molar-refractivity contribution is 0.0599. The quantitative estimate of drug-likeness (QED) is 0.637. The van der Waals surface area contributed by atoms with Crippen LogP contribution < -0.4 is 10.1 Å². The molecule has 0 aliphatic carbocycles. The topological polar surface area (TPSA) is 73.9 Å². The maximum Gasteiger partial charge on any atom is 0.508 e. The van der Waals surface area contributed by atoms with Crippen LogP contribution in [0.3, 0.4) is 0 Å². The van der Waals surface area contributed by atoms with Crippen molar-refractivity contribution in [3.05, 3.63) is 64.2 Å². The van der Waals surface area contributed by atoms with Crippen LogP contribution >= 0.6 is 11.6 Å². The van der Waals surface area contributed by atoms with Crippen molar-refractivity contribution in [3.63, 3.8) is 0 Å². The maximum absolute atomic E-state index is 12.5. The molecule has 28 heavy (non-hydrogen) atoms. The van der Waals surface area contributed by atoms with Gasteiger partial charge in [0.15, 0.2) is 0 Å². The van der Waals surface area contributed by atoms with Crippen LogP contribution in [0.1, 0.15) is 28.4 Å².